The van der Waals surface area contributed by atoms with Crippen molar-refractivity contribution in [2.24, 2.45) is 0 Å². The van der Waals surface area contributed by atoms with Crippen molar-refractivity contribution in [3.8, 4) is 11.6 Å². The summed E-state index contributed by atoms with van der Waals surface area (Å²) in [5.74, 6) is 0.383. The van der Waals surface area contributed by atoms with Crippen LogP contribution < -0.4 is 0 Å². The fraction of sp³-hybridized carbons (Fsp3) is 0.105. The molecule has 0 spiro atoms. The zero-order valence-electron chi connectivity index (χ0n) is 13.5. The first kappa shape index (κ1) is 16.5. The second kappa shape index (κ2) is 6.72. The highest BCUT2D eigenvalue weighted by atomic mass is 35.5. The fourth-order valence-corrected chi connectivity index (χ4v) is 3.02. The Morgan fingerprint density at radius 3 is 2.92 bits per heavy atom. The molecule has 4 aromatic rings. The maximum atomic E-state index is 13.8. The van der Waals surface area contributed by atoms with Crippen molar-refractivity contribution in [2.75, 3.05) is 0 Å². The molecule has 1 aromatic carbocycles. The maximum Gasteiger partial charge on any atom is 0.204 e. The van der Waals surface area contributed by atoms with Crippen molar-refractivity contribution in [3.63, 3.8) is 0 Å². The van der Waals surface area contributed by atoms with E-state index in [-0.39, 0.29) is 18.6 Å². The average Bonchev–Trinajstić information content (AvgIpc) is 3.28. The van der Waals surface area contributed by atoms with Crippen LogP contribution in [0.4, 0.5) is 4.39 Å². The van der Waals surface area contributed by atoms with E-state index < -0.39 is 5.82 Å². The smallest absolute Gasteiger partial charge is 0.204 e. The lowest BCUT2D eigenvalue weighted by Crippen LogP contribution is -2.01. The number of aromatic nitrogens is 3. The third kappa shape index (κ3) is 2.99. The van der Waals surface area contributed by atoms with Crippen molar-refractivity contribution < 1.29 is 13.6 Å². The molecule has 5 nitrogen and oxygen atoms in total. The Hall–Kier alpha value is -2.99. The first-order chi connectivity index (χ1) is 12.6. The molecule has 3 aromatic heterocycles. The number of carbonyl (C=O) groups excluding carboxylic acids is 1. The number of furan rings is 1. The van der Waals surface area contributed by atoms with E-state index >= 15 is 0 Å². The Morgan fingerprint density at radius 2 is 2.08 bits per heavy atom. The zero-order chi connectivity index (χ0) is 18.1. The number of halogens is 2. The molecule has 0 aliphatic carbocycles. The van der Waals surface area contributed by atoms with Crippen LogP contribution in [-0.4, -0.2) is 20.4 Å². The van der Waals surface area contributed by atoms with Gasteiger partial charge in [0.2, 0.25) is 5.82 Å². The number of carbonyl (C=O) groups is 1. The van der Waals surface area contributed by atoms with Gasteiger partial charge in [0.1, 0.15) is 12.1 Å². The molecule has 0 aliphatic heterocycles. The molecule has 0 unspecified atom stereocenters. The highest BCUT2D eigenvalue weighted by molar-refractivity contribution is 6.31. The van der Waals surface area contributed by atoms with Crippen molar-refractivity contribution in [1.29, 1.82) is 0 Å². The van der Waals surface area contributed by atoms with Gasteiger partial charge in [-0.3, -0.25) is 9.20 Å². The Morgan fingerprint density at radius 1 is 1.19 bits per heavy atom. The summed E-state index contributed by atoms with van der Waals surface area (Å²) in [5, 5.41) is 8.47. The number of nitrogens with zero attached hydrogens (tertiary/aromatic N) is 3. The molecule has 0 aliphatic rings. The second-order valence-electron chi connectivity index (χ2n) is 5.78. The number of hydrogen-bond acceptors (Lipinski definition) is 4. The van der Waals surface area contributed by atoms with E-state index in [0.717, 1.165) is 0 Å². The van der Waals surface area contributed by atoms with Gasteiger partial charge >= 0.3 is 0 Å². The number of pyridine rings is 1. The molecule has 26 heavy (non-hydrogen) atoms. The number of fused-ring (bicyclic) bond motifs is 1. The van der Waals surface area contributed by atoms with Crippen LogP contribution >= 0.6 is 11.6 Å². The minimum absolute atomic E-state index is 0.125. The second-order valence-corrected chi connectivity index (χ2v) is 6.18. The van der Waals surface area contributed by atoms with E-state index in [1.54, 1.807) is 16.5 Å². The molecule has 0 fully saturated rings. The third-order valence-corrected chi connectivity index (χ3v) is 4.47. The minimum atomic E-state index is -0.409. The van der Waals surface area contributed by atoms with Crippen LogP contribution in [0, 0.1) is 5.82 Å². The largest absolute Gasteiger partial charge is 0.460 e. The molecule has 0 N–H and O–H groups in total. The zero-order valence-corrected chi connectivity index (χ0v) is 14.3. The van der Waals surface area contributed by atoms with E-state index in [0.29, 0.717) is 33.4 Å². The number of ketones is 1. The molecule has 0 saturated heterocycles. The van der Waals surface area contributed by atoms with Crippen LogP contribution in [0.25, 0.3) is 17.2 Å². The van der Waals surface area contributed by atoms with Crippen molar-refractivity contribution in [1.82, 2.24) is 14.6 Å². The highest BCUT2D eigenvalue weighted by Crippen LogP contribution is 2.24. The van der Waals surface area contributed by atoms with Gasteiger partial charge in [-0.2, -0.15) is 0 Å². The molecular weight excluding hydrogens is 357 g/mol. The molecule has 3 heterocycles. The Bertz CT molecular complexity index is 1080. The van der Waals surface area contributed by atoms with Crippen molar-refractivity contribution in [2.45, 2.75) is 12.8 Å². The van der Waals surface area contributed by atoms with Crippen molar-refractivity contribution in [3.05, 3.63) is 76.9 Å². The molecule has 0 bridgehead atoms. The lowest BCUT2D eigenvalue weighted by atomic mass is 10.0. The van der Waals surface area contributed by atoms with E-state index in [9.17, 15) is 9.18 Å². The third-order valence-electron chi connectivity index (χ3n) is 4.12. The number of benzene rings is 1. The van der Waals surface area contributed by atoms with Gasteiger partial charge in [-0.25, -0.2) is 4.39 Å². The van der Waals surface area contributed by atoms with Gasteiger partial charge in [0.15, 0.2) is 17.2 Å². The first-order valence-electron chi connectivity index (χ1n) is 7.98. The standard InChI is InChI=1S/C19H13ClFN3O2/c20-14-4-3-5-15(21)13(14)7-8-16(25)12-10-17(26-11-12)19-23-22-18-6-1-2-9-24(18)19/h1-6,9-11H,7-8H2. The minimum Gasteiger partial charge on any atom is -0.460 e. The van der Waals surface area contributed by atoms with Crippen LogP contribution in [0.3, 0.4) is 0 Å². The topological polar surface area (TPSA) is 60.4 Å². The molecule has 0 radical (unpaired) electrons. The number of hydrogen-bond donors (Lipinski definition) is 0. The van der Waals surface area contributed by atoms with Crippen molar-refractivity contribution >= 4 is 23.0 Å². The van der Waals surface area contributed by atoms with Gasteiger partial charge in [-0.1, -0.05) is 23.7 Å². The quantitative estimate of drug-likeness (QED) is 0.482. The number of Topliss-reactive ketones (excluding diaryl/α,β-unsaturated/α-hetero) is 1. The molecule has 130 valence electrons. The summed E-state index contributed by atoms with van der Waals surface area (Å²) in [6.45, 7) is 0. The highest BCUT2D eigenvalue weighted by Gasteiger charge is 2.17. The summed E-state index contributed by atoms with van der Waals surface area (Å²) >= 11 is 6.00. The van der Waals surface area contributed by atoms with Gasteiger partial charge < -0.3 is 4.42 Å². The summed E-state index contributed by atoms with van der Waals surface area (Å²) < 4.78 is 21.1. The SMILES string of the molecule is O=C(CCc1c(F)cccc1Cl)c1coc(-c2nnc3ccccn23)c1. The molecule has 4 rings (SSSR count). The van der Waals surface area contributed by atoms with Gasteiger partial charge in [-0.15, -0.1) is 10.2 Å². The summed E-state index contributed by atoms with van der Waals surface area (Å²) in [6.07, 6.45) is 3.54. The van der Waals surface area contributed by atoms with E-state index in [4.69, 9.17) is 16.0 Å². The van der Waals surface area contributed by atoms with E-state index in [2.05, 4.69) is 10.2 Å². The maximum absolute atomic E-state index is 13.8. The molecular formula is C19H13ClFN3O2. The average molecular weight is 370 g/mol. The molecule has 0 saturated carbocycles. The van der Waals surface area contributed by atoms with Crippen LogP contribution in [0.1, 0.15) is 22.3 Å². The Balaban J connectivity index is 1.53. The molecule has 7 heteroatoms. The molecule has 0 amide bonds. The Labute approximate surface area is 153 Å². The fourth-order valence-electron chi connectivity index (χ4n) is 2.76. The Kier molecular flexibility index (Phi) is 4.26. The van der Waals surface area contributed by atoms with Crippen LogP contribution in [0.5, 0.6) is 0 Å². The summed E-state index contributed by atoms with van der Waals surface area (Å²) in [7, 11) is 0. The number of rotatable bonds is 5. The van der Waals surface area contributed by atoms with E-state index in [1.165, 1.54) is 18.4 Å². The predicted octanol–water partition coefficient (Wildman–Crippen LogP) is 4.60. The van der Waals surface area contributed by atoms with Crippen LogP contribution in [-0.2, 0) is 6.42 Å². The van der Waals surface area contributed by atoms with Crippen LogP contribution in [0.2, 0.25) is 5.02 Å². The van der Waals surface area contributed by atoms with Gasteiger partial charge in [0.25, 0.3) is 0 Å². The summed E-state index contributed by atoms with van der Waals surface area (Å²) in [5.41, 5.74) is 1.43. The van der Waals surface area contributed by atoms with E-state index in [1.807, 2.05) is 24.4 Å². The first-order valence-corrected chi connectivity index (χ1v) is 8.36. The van der Waals surface area contributed by atoms with Gasteiger partial charge in [-0.05, 0) is 36.8 Å². The molecule has 0 atom stereocenters. The van der Waals surface area contributed by atoms with Crippen LogP contribution in [0.15, 0.2) is 59.3 Å². The lowest BCUT2D eigenvalue weighted by Gasteiger charge is -2.04. The summed E-state index contributed by atoms with van der Waals surface area (Å²) in [4.78, 5) is 12.4. The summed E-state index contributed by atoms with van der Waals surface area (Å²) in [6, 6.07) is 11.6. The van der Waals surface area contributed by atoms with Gasteiger partial charge in [0.05, 0.1) is 5.56 Å². The predicted molar refractivity (Wildman–Crippen MR) is 94.8 cm³/mol. The lowest BCUT2D eigenvalue weighted by molar-refractivity contribution is 0.0982. The normalized spacial score (nSPS) is 11.2. The monoisotopic (exact) mass is 369 g/mol. The van der Waals surface area contributed by atoms with Gasteiger partial charge in [0, 0.05) is 23.2 Å².